The van der Waals surface area contributed by atoms with Crippen LogP contribution in [0.25, 0.3) is 21.3 Å². The van der Waals surface area contributed by atoms with Gasteiger partial charge in [-0.15, -0.1) is 5.10 Å². The predicted molar refractivity (Wildman–Crippen MR) is 117 cm³/mol. The molecule has 2 aromatic heterocycles. The molecule has 0 aliphatic carbocycles. The van der Waals surface area contributed by atoms with Crippen molar-refractivity contribution in [3.05, 3.63) is 42.5 Å². The molecule has 0 bridgehead atoms. The van der Waals surface area contributed by atoms with Crippen molar-refractivity contribution < 1.29 is 9.53 Å². The highest BCUT2D eigenvalue weighted by atomic mass is 32.1. The fourth-order valence-corrected chi connectivity index (χ4v) is 4.76. The number of amides is 1. The van der Waals surface area contributed by atoms with E-state index in [4.69, 9.17) is 9.72 Å². The summed E-state index contributed by atoms with van der Waals surface area (Å²) in [6, 6.07) is 13.7. The molecule has 1 fully saturated rings. The summed E-state index contributed by atoms with van der Waals surface area (Å²) in [5.74, 6) is 0.889. The van der Waals surface area contributed by atoms with E-state index in [-0.39, 0.29) is 12.5 Å². The maximum absolute atomic E-state index is 12.8. The van der Waals surface area contributed by atoms with Gasteiger partial charge in [-0.25, -0.2) is 9.67 Å². The van der Waals surface area contributed by atoms with Gasteiger partial charge in [0, 0.05) is 26.2 Å². The van der Waals surface area contributed by atoms with Crippen molar-refractivity contribution in [1.82, 2.24) is 24.9 Å². The lowest BCUT2D eigenvalue weighted by atomic mass is 10.3. The summed E-state index contributed by atoms with van der Waals surface area (Å²) in [5.41, 5.74) is 2.59. The van der Waals surface area contributed by atoms with Crippen LogP contribution in [0.1, 0.15) is 6.92 Å². The molecule has 3 heterocycles. The van der Waals surface area contributed by atoms with Crippen LogP contribution in [0.15, 0.2) is 42.5 Å². The molecule has 1 amide bonds. The average Bonchev–Trinajstić information content (AvgIpc) is 3.39. The Balaban J connectivity index is 1.25. The summed E-state index contributed by atoms with van der Waals surface area (Å²) in [7, 11) is 0. The quantitative estimate of drug-likeness (QED) is 0.492. The summed E-state index contributed by atoms with van der Waals surface area (Å²) < 4.78 is 8.50. The number of hydrogen-bond acceptors (Lipinski definition) is 7. The Bertz CT molecular complexity index is 1190. The van der Waals surface area contributed by atoms with Crippen LogP contribution in [0.5, 0.6) is 5.75 Å². The number of carbonyl (C=O) groups excluding carboxylic acids is 1. The number of carbonyl (C=O) groups is 1. The number of hydrogen-bond donors (Lipinski definition) is 0. The van der Waals surface area contributed by atoms with Crippen molar-refractivity contribution >= 4 is 43.6 Å². The van der Waals surface area contributed by atoms with Crippen molar-refractivity contribution in [2.24, 2.45) is 0 Å². The smallest absolute Gasteiger partial charge is 0.244 e. The number of aromatic nitrogens is 4. The first-order chi connectivity index (χ1) is 14.7. The molecule has 0 spiro atoms. The molecule has 154 valence electrons. The number of para-hydroxylation sites is 2. The summed E-state index contributed by atoms with van der Waals surface area (Å²) in [6.07, 6.45) is 0. The van der Waals surface area contributed by atoms with Crippen LogP contribution in [0.3, 0.4) is 0 Å². The molecule has 0 unspecified atom stereocenters. The highest BCUT2D eigenvalue weighted by Crippen LogP contribution is 2.34. The summed E-state index contributed by atoms with van der Waals surface area (Å²) in [5, 5.41) is 9.23. The normalized spacial score (nSPS) is 14.6. The zero-order chi connectivity index (χ0) is 20.5. The SMILES string of the molecule is CCOc1cccc2sc(N3CCN(C(=O)Cn4nnc5ccccc54)CC3)nc12. The van der Waals surface area contributed by atoms with E-state index < -0.39 is 0 Å². The first-order valence-electron chi connectivity index (χ1n) is 10.1. The fraction of sp³-hybridized carbons (Fsp3) is 0.333. The number of ether oxygens (including phenoxy) is 1. The lowest BCUT2D eigenvalue weighted by molar-refractivity contribution is -0.132. The standard InChI is InChI=1S/C21H22N6O2S/c1-2-29-17-8-5-9-18-20(17)22-21(30-18)26-12-10-25(11-13-26)19(28)14-27-16-7-4-3-6-15(16)23-24-27/h3-9H,2,10-14H2,1H3. The van der Waals surface area contributed by atoms with Gasteiger partial charge in [0.15, 0.2) is 5.13 Å². The van der Waals surface area contributed by atoms with Gasteiger partial charge in [-0.2, -0.15) is 0 Å². The Morgan fingerprint density at radius 1 is 1.10 bits per heavy atom. The minimum absolute atomic E-state index is 0.0632. The lowest BCUT2D eigenvalue weighted by Crippen LogP contribution is -2.49. The van der Waals surface area contributed by atoms with E-state index in [0.29, 0.717) is 19.7 Å². The van der Waals surface area contributed by atoms with Crippen molar-refractivity contribution in [2.45, 2.75) is 13.5 Å². The van der Waals surface area contributed by atoms with Gasteiger partial charge < -0.3 is 14.5 Å². The molecule has 0 N–H and O–H groups in total. The maximum atomic E-state index is 12.8. The lowest BCUT2D eigenvalue weighted by Gasteiger charge is -2.34. The highest BCUT2D eigenvalue weighted by molar-refractivity contribution is 7.22. The second-order valence-electron chi connectivity index (χ2n) is 7.14. The summed E-state index contributed by atoms with van der Waals surface area (Å²) >= 11 is 1.67. The number of piperazine rings is 1. The molecule has 0 atom stereocenters. The first-order valence-corrected chi connectivity index (χ1v) is 10.9. The molecule has 0 radical (unpaired) electrons. The number of nitrogens with zero attached hydrogens (tertiary/aromatic N) is 6. The number of thiazole rings is 1. The van der Waals surface area contributed by atoms with Crippen molar-refractivity contribution in [3.63, 3.8) is 0 Å². The molecule has 2 aromatic carbocycles. The molecule has 1 aliphatic heterocycles. The van der Waals surface area contributed by atoms with Gasteiger partial charge in [-0.1, -0.05) is 34.7 Å². The Morgan fingerprint density at radius 2 is 1.93 bits per heavy atom. The molecule has 9 heteroatoms. The molecule has 1 saturated heterocycles. The van der Waals surface area contributed by atoms with E-state index in [1.54, 1.807) is 16.0 Å². The minimum Gasteiger partial charge on any atom is -0.492 e. The van der Waals surface area contributed by atoms with Crippen molar-refractivity contribution in [2.75, 3.05) is 37.7 Å². The zero-order valence-electron chi connectivity index (χ0n) is 16.7. The predicted octanol–water partition coefficient (Wildman–Crippen LogP) is 2.79. The maximum Gasteiger partial charge on any atom is 0.244 e. The third-order valence-electron chi connectivity index (χ3n) is 5.28. The average molecular weight is 423 g/mol. The number of rotatable bonds is 5. The van der Waals surface area contributed by atoms with E-state index in [0.717, 1.165) is 45.2 Å². The van der Waals surface area contributed by atoms with Gasteiger partial charge in [0.2, 0.25) is 5.91 Å². The van der Waals surface area contributed by atoms with Crippen LogP contribution in [-0.4, -0.2) is 63.6 Å². The van der Waals surface area contributed by atoms with Gasteiger partial charge in [0.1, 0.15) is 23.3 Å². The number of fused-ring (bicyclic) bond motifs is 2. The van der Waals surface area contributed by atoms with E-state index >= 15 is 0 Å². The molecule has 1 aliphatic rings. The Morgan fingerprint density at radius 3 is 2.77 bits per heavy atom. The Labute approximate surface area is 177 Å². The monoisotopic (exact) mass is 422 g/mol. The molecular formula is C21H22N6O2S. The molecular weight excluding hydrogens is 400 g/mol. The molecule has 30 heavy (non-hydrogen) atoms. The summed E-state index contributed by atoms with van der Waals surface area (Å²) in [4.78, 5) is 21.8. The Kier molecular flexibility index (Phi) is 4.96. The van der Waals surface area contributed by atoms with Crippen LogP contribution < -0.4 is 9.64 Å². The second kappa shape index (κ2) is 7.91. The van der Waals surface area contributed by atoms with Crippen LogP contribution in [0.4, 0.5) is 5.13 Å². The molecule has 8 nitrogen and oxygen atoms in total. The van der Waals surface area contributed by atoms with Crippen LogP contribution in [-0.2, 0) is 11.3 Å². The van der Waals surface area contributed by atoms with Crippen LogP contribution >= 0.6 is 11.3 Å². The van der Waals surface area contributed by atoms with E-state index in [1.165, 1.54) is 0 Å². The van der Waals surface area contributed by atoms with Gasteiger partial charge >= 0.3 is 0 Å². The largest absolute Gasteiger partial charge is 0.492 e. The fourth-order valence-electron chi connectivity index (χ4n) is 3.73. The molecule has 4 aromatic rings. The van der Waals surface area contributed by atoms with Crippen LogP contribution in [0.2, 0.25) is 0 Å². The zero-order valence-corrected chi connectivity index (χ0v) is 17.5. The van der Waals surface area contributed by atoms with Gasteiger partial charge in [-0.05, 0) is 31.2 Å². The highest BCUT2D eigenvalue weighted by Gasteiger charge is 2.24. The number of benzene rings is 2. The third-order valence-corrected chi connectivity index (χ3v) is 6.36. The van der Waals surface area contributed by atoms with E-state index in [2.05, 4.69) is 21.3 Å². The third kappa shape index (κ3) is 3.45. The van der Waals surface area contributed by atoms with Gasteiger partial charge in [0.05, 0.1) is 16.8 Å². The first kappa shape index (κ1) is 18.8. The van der Waals surface area contributed by atoms with Gasteiger partial charge in [-0.3, -0.25) is 4.79 Å². The minimum atomic E-state index is 0.0632. The Hall–Kier alpha value is -3.20. The van der Waals surface area contributed by atoms with Crippen LogP contribution in [0, 0.1) is 0 Å². The van der Waals surface area contributed by atoms with E-state index in [1.807, 2.05) is 48.2 Å². The van der Waals surface area contributed by atoms with Crippen molar-refractivity contribution in [3.8, 4) is 5.75 Å². The van der Waals surface area contributed by atoms with E-state index in [9.17, 15) is 4.79 Å². The summed E-state index contributed by atoms with van der Waals surface area (Å²) in [6.45, 7) is 5.65. The second-order valence-corrected chi connectivity index (χ2v) is 8.15. The molecule has 0 saturated carbocycles. The van der Waals surface area contributed by atoms with Gasteiger partial charge in [0.25, 0.3) is 0 Å². The molecule has 5 rings (SSSR count). The van der Waals surface area contributed by atoms with Crippen molar-refractivity contribution in [1.29, 1.82) is 0 Å². The topological polar surface area (TPSA) is 76.4 Å². The number of anilines is 1.